The van der Waals surface area contributed by atoms with Gasteiger partial charge in [-0.25, -0.2) is 0 Å². The summed E-state index contributed by atoms with van der Waals surface area (Å²) in [6.45, 7) is 5.20. The quantitative estimate of drug-likeness (QED) is 0.164. The van der Waals surface area contributed by atoms with Crippen LogP contribution < -0.4 is 31.1 Å². The monoisotopic (exact) mass is 831 g/mol. The summed E-state index contributed by atoms with van der Waals surface area (Å²) in [5.74, 6) is 0. The lowest BCUT2D eigenvalue weighted by Gasteiger charge is -2.50. The maximum atomic E-state index is 2.74. The summed E-state index contributed by atoms with van der Waals surface area (Å²) in [6.07, 6.45) is 4.84. The molecule has 6 heteroatoms. The third-order valence-corrected chi connectivity index (χ3v) is 17.8. The molecule has 2 aromatic heterocycles. The number of hydrogen-bond donors (Lipinski definition) is 0. The molecule has 10 aromatic rings. The van der Waals surface area contributed by atoms with Gasteiger partial charge in [0.05, 0.1) is 26.3 Å². The molecule has 3 nitrogen and oxygen atoms in total. The molecule has 14 rings (SSSR count). The topological polar surface area (TPSA) is 9.72 Å². The number of anilines is 8. The molecule has 0 amide bonds. The minimum atomic E-state index is -0.0581. The second-order valence-electron chi connectivity index (χ2n) is 18.3. The van der Waals surface area contributed by atoms with Crippen LogP contribution >= 0.6 is 22.7 Å². The van der Waals surface area contributed by atoms with Crippen LogP contribution in [0.15, 0.2) is 170 Å². The largest absolute Gasteiger partial charge is 0.334 e. The van der Waals surface area contributed by atoms with Crippen molar-refractivity contribution in [2.75, 3.05) is 14.7 Å². The van der Waals surface area contributed by atoms with E-state index >= 15 is 0 Å². The van der Waals surface area contributed by atoms with Crippen LogP contribution in [0.1, 0.15) is 45.1 Å². The van der Waals surface area contributed by atoms with Crippen LogP contribution in [0.25, 0.3) is 40.3 Å². The molecule has 0 spiro atoms. The maximum Gasteiger partial charge on any atom is 0.252 e. The second kappa shape index (κ2) is 12.6. The van der Waals surface area contributed by atoms with Crippen molar-refractivity contribution in [1.29, 1.82) is 0 Å². The van der Waals surface area contributed by atoms with E-state index < -0.39 is 0 Å². The molecule has 0 N–H and O–H groups in total. The highest BCUT2D eigenvalue weighted by Gasteiger charge is 2.58. The van der Waals surface area contributed by atoms with Crippen molar-refractivity contribution < 1.29 is 0 Å². The van der Waals surface area contributed by atoms with Gasteiger partial charge in [0.2, 0.25) is 0 Å². The maximum absolute atomic E-state index is 2.74. The van der Waals surface area contributed by atoms with Crippen LogP contribution in [-0.4, -0.2) is 12.3 Å². The van der Waals surface area contributed by atoms with E-state index in [1.54, 1.807) is 0 Å². The van der Waals surface area contributed by atoms with E-state index in [4.69, 9.17) is 0 Å². The summed E-state index contributed by atoms with van der Waals surface area (Å²) in [5, 5.41) is 5.28. The Morgan fingerprint density at radius 2 is 0.984 bits per heavy atom. The normalized spacial score (nSPS) is 19.8. The van der Waals surface area contributed by atoms with Gasteiger partial charge in [0, 0.05) is 70.5 Å². The fraction of sp³-hybridized carbons (Fsp3) is 0.143. The van der Waals surface area contributed by atoms with E-state index in [0.29, 0.717) is 0 Å². The third-order valence-electron chi connectivity index (χ3n) is 15.4. The molecule has 1 saturated carbocycles. The molecule has 62 heavy (non-hydrogen) atoms. The highest BCUT2D eigenvalue weighted by Crippen LogP contribution is 2.62. The van der Waals surface area contributed by atoms with Gasteiger partial charge in [-0.15, -0.1) is 22.7 Å². The predicted molar refractivity (Wildman–Crippen MR) is 269 cm³/mol. The Hall–Kier alpha value is -6.34. The molecule has 4 aliphatic rings. The summed E-state index contributed by atoms with van der Waals surface area (Å²) in [4.78, 5) is 7.99. The van der Waals surface area contributed by atoms with Crippen LogP contribution in [0.2, 0.25) is 0 Å². The minimum Gasteiger partial charge on any atom is -0.334 e. The lowest BCUT2D eigenvalue weighted by atomic mass is 9.33. The van der Waals surface area contributed by atoms with E-state index in [-0.39, 0.29) is 17.7 Å². The fourth-order valence-electron chi connectivity index (χ4n) is 12.4. The van der Waals surface area contributed by atoms with Gasteiger partial charge in [0.1, 0.15) is 0 Å². The van der Waals surface area contributed by atoms with E-state index in [0.717, 1.165) is 6.42 Å². The smallest absolute Gasteiger partial charge is 0.252 e. The Labute approximate surface area is 370 Å². The number of hydrogen-bond acceptors (Lipinski definition) is 5. The predicted octanol–water partition coefficient (Wildman–Crippen LogP) is 14.2. The summed E-state index contributed by atoms with van der Waals surface area (Å²) >= 11 is 3.83. The number of para-hydroxylation sites is 2. The van der Waals surface area contributed by atoms with Gasteiger partial charge in [-0.2, -0.15) is 0 Å². The molecule has 2 unspecified atom stereocenters. The molecule has 1 fully saturated rings. The van der Waals surface area contributed by atoms with Gasteiger partial charge in [-0.05, 0) is 102 Å². The van der Waals surface area contributed by atoms with Crippen molar-refractivity contribution in [2.24, 2.45) is 0 Å². The minimum absolute atomic E-state index is 0.0153. The Balaban J connectivity index is 1.10. The lowest BCUT2D eigenvalue weighted by Crippen LogP contribution is -2.61. The first-order valence-electron chi connectivity index (χ1n) is 22.2. The number of nitrogens with zero attached hydrogens (tertiary/aromatic N) is 3. The molecule has 0 radical (unpaired) electrons. The first kappa shape index (κ1) is 35.3. The molecule has 296 valence electrons. The standard InChI is InChI=1S/C56H42BN3S2/c1-55-31-12-13-32-56(55,2)60(35-17-4-3-5-18-35)48-34-49-42(33-40(48)55)57-41-23-8-9-24-43(41)58(46-27-14-21-38-36-19-6-10-29-50(36)61-53(38)46)44-25-16-26-45(52(44)57)59(49)47-28-15-22-39-37-20-7-11-30-51(37)62-54(39)47/h3-11,14-30,33-34H,12-13,31-32H2,1-2H3. The average molecular weight is 832 g/mol. The highest BCUT2D eigenvalue weighted by molar-refractivity contribution is 7.27. The molecule has 3 aliphatic heterocycles. The summed E-state index contributed by atoms with van der Waals surface area (Å²) in [7, 11) is 0. The molecule has 8 aromatic carbocycles. The SMILES string of the molecule is CC12CCCCC1(C)N(c1ccccc1)c1cc3c(cc12)B1c2ccccc2N(c2cccc4c2sc2ccccc24)c2cccc(c21)N3c1cccc2c1sc1ccccc12. The second-order valence-corrected chi connectivity index (χ2v) is 20.4. The Morgan fingerprint density at radius 3 is 1.68 bits per heavy atom. The van der Waals surface area contributed by atoms with Crippen LogP contribution in [0.4, 0.5) is 45.5 Å². The molecule has 1 aliphatic carbocycles. The van der Waals surface area contributed by atoms with Crippen molar-refractivity contribution in [1.82, 2.24) is 0 Å². The van der Waals surface area contributed by atoms with Crippen molar-refractivity contribution >= 4 is 132 Å². The van der Waals surface area contributed by atoms with Gasteiger partial charge in [0.25, 0.3) is 6.71 Å². The molecule has 5 heterocycles. The zero-order valence-corrected chi connectivity index (χ0v) is 36.4. The van der Waals surface area contributed by atoms with Gasteiger partial charge < -0.3 is 14.7 Å². The van der Waals surface area contributed by atoms with Crippen LogP contribution in [0.3, 0.4) is 0 Å². The number of benzene rings is 8. The molecular formula is C56H42BN3S2. The van der Waals surface area contributed by atoms with Gasteiger partial charge in [-0.3, -0.25) is 0 Å². The molecule has 0 bridgehead atoms. The summed E-state index contributed by atoms with van der Waals surface area (Å²) < 4.78 is 5.30. The first-order chi connectivity index (χ1) is 30.5. The highest BCUT2D eigenvalue weighted by atomic mass is 32.1. The number of rotatable bonds is 3. The first-order valence-corrected chi connectivity index (χ1v) is 23.8. The van der Waals surface area contributed by atoms with Crippen molar-refractivity contribution in [3.63, 3.8) is 0 Å². The third kappa shape index (κ3) is 4.46. The average Bonchev–Trinajstić information content (AvgIpc) is 3.95. The number of thiophene rings is 2. The zero-order valence-electron chi connectivity index (χ0n) is 34.7. The van der Waals surface area contributed by atoms with E-state index in [9.17, 15) is 0 Å². The zero-order chi connectivity index (χ0) is 40.9. The Kier molecular flexibility index (Phi) is 7.18. The Bertz CT molecular complexity index is 3520. The van der Waals surface area contributed by atoms with Gasteiger partial charge in [0.15, 0.2) is 0 Å². The fourth-order valence-corrected chi connectivity index (χ4v) is 14.8. The van der Waals surface area contributed by atoms with E-state index in [1.165, 1.54) is 127 Å². The van der Waals surface area contributed by atoms with Crippen LogP contribution in [0.5, 0.6) is 0 Å². The summed E-state index contributed by atoms with van der Waals surface area (Å²) in [6, 6.07) is 64.6. The van der Waals surface area contributed by atoms with Crippen LogP contribution in [-0.2, 0) is 5.41 Å². The molecule has 2 atom stereocenters. The molecular weight excluding hydrogens is 790 g/mol. The van der Waals surface area contributed by atoms with E-state index in [1.807, 2.05) is 22.7 Å². The van der Waals surface area contributed by atoms with Crippen molar-refractivity contribution in [3.05, 3.63) is 175 Å². The molecule has 0 saturated heterocycles. The summed E-state index contributed by atoms with van der Waals surface area (Å²) in [5.41, 5.74) is 15.8. The van der Waals surface area contributed by atoms with Gasteiger partial charge >= 0.3 is 0 Å². The Morgan fingerprint density at radius 1 is 0.452 bits per heavy atom. The lowest BCUT2D eigenvalue weighted by molar-refractivity contribution is 0.195. The van der Waals surface area contributed by atoms with E-state index in [2.05, 4.69) is 198 Å². The number of fused-ring (bicyclic) bond motifs is 13. The van der Waals surface area contributed by atoms with Crippen molar-refractivity contribution in [2.45, 2.75) is 50.5 Å². The van der Waals surface area contributed by atoms with Gasteiger partial charge in [-0.1, -0.05) is 129 Å². The van der Waals surface area contributed by atoms with Crippen LogP contribution in [0, 0.1) is 0 Å². The van der Waals surface area contributed by atoms with Crippen molar-refractivity contribution in [3.8, 4) is 0 Å².